The Labute approximate surface area is 113 Å². The fourth-order valence-electron chi connectivity index (χ4n) is 1.44. The maximum Gasteiger partial charge on any atom is 0.165 e. The van der Waals surface area contributed by atoms with Gasteiger partial charge in [0.1, 0.15) is 12.7 Å². The monoisotopic (exact) mass is 271 g/mol. The quantitative estimate of drug-likeness (QED) is 0.670. The van der Waals surface area contributed by atoms with Crippen molar-refractivity contribution in [3.8, 4) is 5.75 Å². The van der Waals surface area contributed by atoms with Crippen molar-refractivity contribution in [1.29, 1.82) is 0 Å². The zero-order valence-electron chi connectivity index (χ0n) is 11.4. The van der Waals surface area contributed by atoms with Gasteiger partial charge in [-0.1, -0.05) is 12.1 Å². The van der Waals surface area contributed by atoms with Gasteiger partial charge < -0.3 is 19.9 Å². The van der Waals surface area contributed by atoms with Gasteiger partial charge in [0.05, 0.1) is 12.7 Å². The predicted octanol–water partition coefficient (Wildman–Crippen LogP) is 1.58. The Morgan fingerprint density at radius 3 is 2.74 bits per heavy atom. The zero-order chi connectivity index (χ0) is 14.1. The van der Waals surface area contributed by atoms with Crippen LogP contribution in [0.2, 0.25) is 0 Å². The number of benzene rings is 1. The van der Waals surface area contributed by atoms with Crippen molar-refractivity contribution in [2.24, 2.45) is 0 Å². The van der Waals surface area contributed by atoms with E-state index in [1.54, 1.807) is 12.1 Å². The van der Waals surface area contributed by atoms with E-state index in [0.29, 0.717) is 19.7 Å². The first-order valence-electron chi connectivity index (χ1n) is 6.47. The zero-order valence-corrected chi connectivity index (χ0v) is 11.4. The van der Waals surface area contributed by atoms with Gasteiger partial charge in [0.15, 0.2) is 11.6 Å². The number of ether oxygens (including phenoxy) is 2. The molecule has 1 aromatic carbocycles. The molecule has 1 atom stereocenters. The minimum absolute atomic E-state index is 0.0545. The standard InChI is InChI=1S/C14H22FNO3/c1-11(2)18-8-7-16-9-12(17)10-19-14-6-4-3-5-13(14)15/h3-6,11-12,16-17H,7-10H2,1-2H3. The predicted molar refractivity (Wildman–Crippen MR) is 71.9 cm³/mol. The van der Waals surface area contributed by atoms with Crippen molar-refractivity contribution < 1.29 is 19.0 Å². The molecule has 0 aliphatic heterocycles. The van der Waals surface area contributed by atoms with Crippen LogP contribution in [-0.4, -0.2) is 43.6 Å². The summed E-state index contributed by atoms with van der Waals surface area (Å²) >= 11 is 0. The van der Waals surface area contributed by atoms with Gasteiger partial charge in [-0.05, 0) is 26.0 Å². The maximum absolute atomic E-state index is 13.2. The van der Waals surface area contributed by atoms with Crippen molar-refractivity contribution in [3.63, 3.8) is 0 Å². The van der Waals surface area contributed by atoms with Crippen molar-refractivity contribution >= 4 is 0 Å². The number of hydrogen-bond donors (Lipinski definition) is 2. The highest BCUT2D eigenvalue weighted by Crippen LogP contribution is 2.15. The fraction of sp³-hybridized carbons (Fsp3) is 0.571. The third-order valence-corrected chi connectivity index (χ3v) is 2.38. The number of aliphatic hydroxyl groups excluding tert-OH is 1. The topological polar surface area (TPSA) is 50.7 Å². The summed E-state index contributed by atoms with van der Waals surface area (Å²) in [5.41, 5.74) is 0. The van der Waals surface area contributed by atoms with Crippen molar-refractivity contribution in [3.05, 3.63) is 30.1 Å². The van der Waals surface area contributed by atoms with Crippen LogP contribution in [0.1, 0.15) is 13.8 Å². The van der Waals surface area contributed by atoms with E-state index in [1.807, 2.05) is 13.8 Å². The first-order chi connectivity index (χ1) is 9.09. The third kappa shape index (κ3) is 7.10. The lowest BCUT2D eigenvalue weighted by Crippen LogP contribution is -2.33. The van der Waals surface area contributed by atoms with Gasteiger partial charge >= 0.3 is 0 Å². The molecule has 5 heteroatoms. The molecule has 0 fully saturated rings. The lowest BCUT2D eigenvalue weighted by atomic mass is 10.3. The summed E-state index contributed by atoms with van der Waals surface area (Å²) in [6.45, 7) is 5.64. The summed E-state index contributed by atoms with van der Waals surface area (Å²) in [7, 11) is 0. The molecular formula is C14H22FNO3. The molecule has 0 saturated heterocycles. The average Bonchev–Trinajstić information content (AvgIpc) is 2.37. The molecule has 0 spiro atoms. The van der Waals surface area contributed by atoms with Crippen LogP contribution in [0.25, 0.3) is 0 Å². The van der Waals surface area contributed by atoms with Gasteiger partial charge in [0.25, 0.3) is 0 Å². The molecule has 1 unspecified atom stereocenters. The van der Waals surface area contributed by atoms with Crippen LogP contribution < -0.4 is 10.1 Å². The molecular weight excluding hydrogens is 249 g/mol. The van der Waals surface area contributed by atoms with Gasteiger partial charge in [-0.15, -0.1) is 0 Å². The summed E-state index contributed by atoms with van der Waals surface area (Å²) < 4.78 is 23.8. The van der Waals surface area contributed by atoms with Crippen molar-refractivity contribution in [2.75, 3.05) is 26.3 Å². The number of hydrogen-bond acceptors (Lipinski definition) is 4. The van der Waals surface area contributed by atoms with E-state index in [9.17, 15) is 9.50 Å². The molecule has 2 N–H and O–H groups in total. The van der Waals surface area contributed by atoms with E-state index in [1.165, 1.54) is 12.1 Å². The van der Waals surface area contributed by atoms with E-state index in [0.717, 1.165) is 0 Å². The first kappa shape index (κ1) is 15.9. The second-order valence-electron chi connectivity index (χ2n) is 4.52. The van der Waals surface area contributed by atoms with Gasteiger partial charge in [-0.3, -0.25) is 0 Å². The van der Waals surface area contributed by atoms with Crippen molar-refractivity contribution in [2.45, 2.75) is 26.1 Å². The van der Waals surface area contributed by atoms with E-state index < -0.39 is 11.9 Å². The lowest BCUT2D eigenvalue weighted by Gasteiger charge is -2.14. The summed E-state index contributed by atoms with van der Waals surface area (Å²) in [6.07, 6.45) is -0.477. The fourth-order valence-corrected chi connectivity index (χ4v) is 1.44. The molecule has 0 aliphatic rings. The van der Waals surface area contributed by atoms with Gasteiger partial charge in [0.2, 0.25) is 0 Å². The number of aliphatic hydroxyl groups is 1. The molecule has 19 heavy (non-hydrogen) atoms. The summed E-state index contributed by atoms with van der Waals surface area (Å²) in [5, 5.41) is 12.7. The summed E-state index contributed by atoms with van der Waals surface area (Å²) in [4.78, 5) is 0. The highest BCUT2D eigenvalue weighted by molar-refractivity contribution is 5.23. The summed E-state index contributed by atoms with van der Waals surface area (Å²) in [5.74, 6) is -0.266. The minimum Gasteiger partial charge on any atom is -0.488 e. The molecule has 108 valence electrons. The number of halogens is 1. The molecule has 0 aromatic heterocycles. The van der Waals surface area contributed by atoms with Crippen LogP contribution in [0.5, 0.6) is 5.75 Å². The third-order valence-electron chi connectivity index (χ3n) is 2.38. The summed E-state index contributed by atoms with van der Waals surface area (Å²) in [6, 6.07) is 6.14. The van der Waals surface area contributed by atoms with Crippen LogP contribution in [-0.2, 0) is 4.74 Å². The van der Waals surface area contributed by atoms with E-state index >= 15 is 0 Å². The Balaban J connectivity index is 2.11. The molecule has 0 heterocycles. The Bertz CT molecular complexity index is 360. The lowest BCUT2D eigenvalue weighted by molar-refractivity contribution is 0.0732. The normalized spacial score (nSPS) is 12.7. The van der Waals surface area contributed by atoms with Crippen LogP contribution in [0.3, 0.4) is 0 Å². The van der Waals surface area contributed by atoms with Crippen LogP contribution in [0.15, 0.2) is 24.3 Å². The highest BCUT2D eigenvalue weighted by Gasteiger charge is 2.07. The van der Waals surface area contributed by atoms with Gasteiger partial charge in [-0.25, -0.2) is 4.39 Å². The number of nitrogens with one attached hydrogen (secondary N) is 1. The minimum atomic E-state index is -0.682. The Kier molecular flexibility index (Phi) is 7.40. The Hall–Kier alpha value is -1.17. The molecule has 0 amide bonds. The second kappa shape index (κ2) is 8.85. The largest absolute Gasteiger partial charge is 0.488 e. The molecule has 0 bridgehead atoms. The van der Waals surface area contributed by atoms with Gasteiger partial charge in [0, 0.05) is 13.1 Å². The highest BCUT2D eigenvalue weighted by atomic mass is 19.1. The molecule has 0 saturated carbocycles. The van der Waals surface area contributed by atoms with Crippen LogP contribution in [0.4, 0.5) is 4.39 Å². The molecule has 1 aromatic rings. The number of rotatable bonds is 9. The van der Waals surface area contributed by atoms with E-state index in [-0.39, 0.29) is 18.5 Å². The smallest absolute Gasteiger partial charge is 0.165 e. The average molecular weight is 271 g/mol. The Morgan fingerprint density at radius 2 is 2.05 bits per heavy atom. The molecule has 0 aliphatic carbocycles. The second-order valence-corrected chi connectivity index (χ2v) is 4.52. The van der Waals surface area contributed by atoms with Gasteiger partial charge in [-0.2, -0.15) is 0 Å². The van der Waals surface area contributed by atoms with E-state index in [4.69, 9.17) is 9.47 Å². The molecule has 0 radical (unpaired) electrons. The van der Waals surface area contributed by atoms with Crippen molar-refractivity contribution in [1.82, 2.24) is 5.32 Å². The first-order valence-corrected chi connectivity index (χ1v) is 6.47. The van der Waals surface area contributed by atoms with Crippen LogP contribution >= 0.6 is 0 Å². The van der Waals surface area contributed by atoms with Crippen LogP contribution in [0, 0.1) is 5.82 Å². The SMILES string of the molecule is CC(C)OCCNCC(O)COc1ccccc1F. The molecule has 1 rings (SSSR count). The Morgan fingerprint density at radius 1 is 1.32 bits per heavy atom. The number of para-hydroxylation sites is 1. The molecule has 4 nitrogen and oxygen atoms in total. The van der Waals surface area contributed by atoms with E-state index in [2.05, 4.69) is 5.32 Å². The maximum atomic E-state index is 13.2.